The maximum atomic E-state index is 4.23. The van der Waals surface area contributed by atoms with Gasteiger partial charge in [0.2, 0.25) is 5.82 Å². The minimum atomic E-state index is 0.694. The van der Waals surface area contributed by atoms with Gasteiger partial charge in [0.05, 0.1) is 6.54 Å². The number of thiol groups is 1. The first-order valence-electron chi connectivity index (χ1n) is 3.79. The molecule has 13 heavy (non-hydrogen) atoms. The van der Waals surface area contributed by atoms with Crippen molar-refractivity contribution in [3.05, 3.63) is 17.8 Å². The van der Waals surface area contributed by atoms with Gasteiger partial charge in [-0.25, -0.2) is 4.68 Å². The van der Waals surface area contributed by atoms with E-state index < -0.39 is 0 Å². The summed E-state index contributed by atoms with van der Waals surface area (Å²) in [6.07, 6.45) is 1.70. The first-order chi connectivity index (χ1) is 6.34. The van der Waals surface area contributed by atoms with E-state index in [0.717, 1.165) is 22.0 Å². The molecular weight excluding hydrogens is 186 g/mol. The summed E-state index contributed by atoms with van der Waals surface area (Å²) in [6, 6.07) is 1.97. The van der Waals surface area contributed by atoms with Gasteiger partial charge in [-0.05, 0) is 16.5 Å². The molecule has 1 aliphatic rings. The van der Waals surface area contributed by atoms with E-state index in [1.807, 2.05) is 6.07 Å². The zero-order valence-corrected chi connectivity index (χ0v) is 7.44. The van der Waals surface area contributed by atoms with E-state index in [-0.39, 0.29) is 0 Å². The molecule has 64 valence electrons. The average Bonchev–Trinajstić information content (AvgIpc) is 2.62. The van der Waals surface area contributed by atoms with Crippen LogP contribution in [0.5, 0.6) is 0 Å². The Hall–Kier alpha value is -1.43. The third-order valence-corrected chi connectivity index (χ3v) is 2.26. The van der Waals surface area contributed by atoms with Gasteiger partial charge in [0.1, 0.15) is 5.69 Å². The standard InChI is InChI=1S/C7H5N5S/c13-5-1-4-3-12-7(9-10-11-12)6(4)8-2-5/h1-2,13H,3H2. The van der Waals surface area contributed by atoms with Gasteiger partial charge >= 0.3 is 0 Å². The molecule has 3 heterocycles. The molecule has 6 heteroatoms. The maximum absolute atomic E-state index is 4.23. The van der Waals surface area contributed by atoms with Gasteiger partial charge in [0.25, 0.3) is 0 Å². The second kappa shape index (κ2) is 2.29. The molecule has 0 spiro atoms. The number of fused-ring (bicyclic) bond motifs is 3. The summed E-state index contributed by atoms with van der Waals surface area (Å²) in [4.78, 5) is 5.09. The van der Waals surface area contributed by atoms with E-state index in [2.05, 4.69) is 33.1 Å². The molecule has 0 amide bonds. The lowest BCUT2D eigenvalue weighted by molar-refractivity contribution is 0.670. The molecule has 0 unspecified atom stereocenters. The van der Waals surface area contributed by atoms with Crippen LogP contribution in [0.4, 0.5) is 0 Å². The van der Waals surface area contributed by atoms with E-state index in [1.165, 1.54) is 0 Å². The fourth-order valence-electron chi connectivity index (χ4n) is 1.46. The largest absolute Gasteiger partial charge is 0.251 e. The van der Waals surface area contributed by atoms with Crippen molar-refractivity contribution in [2.75, 3.05) is 0 Å². The van der Waals surface area contributed by atoms with E-state index in [1.54, 1.807) is 10.9 Å². The van der Waals surface area contributed by atoms with Gasteiger partial charge in [0.15, 0.2) is 0 Å². The summed E-state index contributed by atoms with van der Waals surface area (Å²) in [5, 5.41) is 11.3. The molecule has 3 rings (SSSR count). The molecule has 0 aliphatic carbocycles. The highest BCUT2D eigenvalue weighted by molar-refractivity contribution is 7.80. The SMILES string of the molecule is Sc1cnc2c(c1)Cn1nnnc1-2. The molecule has 0 atom stereocenters. The molecule has 0 saturated carbocycles. The van der Waals surface area contributed by atoms with Crippen LogP contribution in [0.1, 0.15) is 5.56 Å². The van der Waals surface area contributed by atoms with E-state index in [4.69, 9.17) is 0 Å². The third kappa shape index (κ3) is 0.888. The summed E-state index contributed by atoms with van der Waals surface area (Å²) < 4.78 is 1.73. The number of rotatable bonds is 0. The number of pyridine rings is 1. The lowest BCUT2D eigenvalue weighted by atomic mass is 10.2. The van der Waals surface area contributed by atoms with Crippen LogP contribution in [-0.2, 0) is 6.54 Å². The highest BCUT2D eigenvalue weighted by Gasteiger charge is 2.22. The molecule has 5 nitrogen and oxygen atoms in total. The third-order valence-electron chi connectivity index (χ3n) is 2.02. The van der Waals surface area contributed by atoms with Gasteiger partial charge in [0, 0.05) is 16.7 Å². The quantitative estimate of drug-likeness (QED) is 0.522. The van der Waals surface area contributed by atoms with Crippen molar-refractivity contribution >= 4 is 12.6 Å². The summed E-state index contributed by atoms with van der Waals surface area (Å²) in [5.74, 6) is 0.739. The molecule has 0 bridgehead atoms. The normalized spacial score (nSPS) is 12.7. The molecule has 0 radical (unpaired) electrons. The van der Waals surface area contributed by atoms with E-state index in [9.17, 15) is 0 Å². The molecule has 0 aromatic carbocycles. The second-order valence-electron chi connectivity index (χ2n) is 2.86. The van der Waals surface area contributed by atoms with E-state index in [0.29, 0.717) is 6.54 Å². The monoisotopic (exact) mass is 191 g/mol. The molecule has 2 aromatic heterocycles. The van der Waals surface area contributed by atoms with Gasteiger partial charge < -0.3 is 0 Å². The molecule has 0 saturated heterocycles. The Morgan fingerprint density at radius 3 is 3.31 bits per heavy atom. The van der Waals surface area contributed by atoms with Crippen LogP contribution in [0.2, 0.25) is 0 Å². The van der Waals surface area contributed by atoms with Crippen LogP contribution < -0.4 is 0 Å². The lowest BCUT2D eigenvalue weighted by Gasteiger charge is -1.95. The lowest BCUT2D eigenvalue weighted by Crippen LogP contribution is -1.95. The van der Waals surface area contributed by atoms with Crippen molar-refractivity contribution in [2.24, 2.45) is 0 Å². The Balaban J connectivity index is 2.29. The predicted molar refractivity (Wildman–Crippen MR) is 47.4 cm³/mol. The highest BCUT2D eigenvalue weighted by Crippen LogP contribution is 2.27. The number of hydrogen-bond donors (Lipinski definition) is 1. The summed E-state index contributed by atoms with van der Waals surface area (Å²) in [5.41, 5.74) is 1.97. The fraction of sp³-hybridized carbons (Fsp3) is 0.143. The smallest absolute Gasteiger partial charge is 0.201 e. The van der Waals surface area contributed by atoms with Crippen LogP contribution in [0, 0.1) is 0 Å². The Morgan fingerprint density at radius 1 is 1.46 bits per heavy atom. The highest BCUT2D eigenvalue weighted by atomic mass is 32.1. The van der Waals surface area contributed by atoms with E-state index >= 15 is 0 Å². The zero-order chi connectivity index (χ0) is 8.84. The second-order valence-corrected chi connectivity index (χ2v) is 3.38. The van der Waals surface area contributed by atoms with Crippen LogP contribution in [0.25, 0.3) is 11.5 Å². The number of hydrogen-bond acceptors (Lipinski definition) is 5. The molecule has 0 N–H and O–H groups in total. The van der Waals surface area contributed by atoms with Crippen LogP contribution in [0.3, 0.4) is 0 Å². The van der Waals surface area contributed by atoms with Gasteiger partial charge in [-0.1, -0.05) is 0 Å². The summed E-state index contributed by atoms with van der Waals surface area (Å²) >= 11 is 4.21. The van der Waals surface area contributed by atoms with Crippen LogP contribution >= 0.6 is 12.6 Å². The van der Waals surface area contributed by atoms with Gasteiger partial charge in [-0.3, -0.25) is 4.98 Å². The van der Waals surface area contributed by atoms with Crippen molar-refractivity contribution < 1.29 is 0 Å². The molecule has 1 aliphatic heterocycles. The summed E-state index contributed by atoms with van der Waals surface area (Å²) in [6.45, 7) is 0.694. The Bertz CT molecular complexity index is 477. The fourth-order valence-corrected chi connectivity index (χ4v) is 1.68. The first-order valence-corrected chi connectivity index (χ1v) is 4.24. The van der Waals surface area contributed by atoms with Crippen molar-refractivity contribution in [2.45, 2.75) is 11.4 Å². The molecule has 2 aromatic rings. The number of aromatic nitrogens is 5. The minimum absolute atomic E-state index is 0.694. The Labute approximate surface area is 79.2 Å². The number of nitrogens with zero attached hydrogens (tertiary/aromatic N) is 5. The Kier molecular flexibility index (Phi) is 1.24. The molecule has 0 fully saturated rings. The van der Waals surface area contributed by atoms with Crippen molar-refractivity contribution in [3.63, 3.8) is 0 Å². The van der Waals surface area contributed by atoms with Gasteiger partial charge in [-0.2, -0.15) is 0 Å². The predicted octanol–water partition coefficient (Wildman–Crippen LogP) is 0.385. The zero-order valence-electron chi connectivity index (χ0n) is 6.55. The molecular formula is C7H5N5S. The average molecular weight is 191 g/mol. The van der Waals surface area contributed by atoms with Crippen molar-refractivity contribution in [1.82, 2.24) is 25.2 Å². The Morgan fingerprint density at radius 2 is 2.38 bits per heavy atom. The first kappa shape index (κ1) is 7.02. The van der Waals surface area contributed by atoms with Gasteiger partial charge in [-0.15, -0.1) is 17.7 Å². The number of tetrazole rings is 1. The van der Waals surface area contributed by atoms with Crippen LogP contribution in [-0.4, -0.2) is 25.2 Å². The summed E-state index contributed by atoms with van der Waals surface area (Å²) in [7, 11) is 0. The maximum Gasteiger partial charge on any atom is 0.201 e. The van der Waals surface area contributed by atoms with Crippen LogP contribution in [0.15, 0.2) is 17.2 Å². The topological polar surface area (TPSA) is 56.5 Å². The van der Waals surface area contributed by atoms with Crippen molar-refractivity contribution in [3.8, 4) is 11.5 Å². The van der Waals surface area contributed by atoms with Crippen molar-refractivity contribution in [1.29, 1.82) is 0 Å². The minimum Gasteiger partial charge on any atom is -0.251 e.